The van der Waals surface area contributed by atoms with Gasteiger partial charge in [-0.25, -0.2) is 0 Å². The van der Waals surface area contributed by atoms with Crippen molar-refractivity contribution in [2.24, 2.45) is 0 Å². The van der Waals surface area contributed by atoms with Gasteiger partial charge in [-0.1, -0.05) is 12.1 Å². The maximum Gasteiger partial charge on any atom is 0.115 e. The molecule has 0 bridgehead atoms. The van der Waals surface area contributed by atoms with Gasteiger partial charge in [-0.15, -0.1) is 0 Å². The molecule has 1 N–H and O–H groups in total. The molecule has 0 radical (unpaired) electrons. The molecule has 1 aliphatic rings. The quantitative estimate of drug-likeness (QED) is 0.761. The van der Waals surface area contributed by atoms with Crippen molar-refractivity contribution >= 4 is 0 Å². The lowest BCUT2D eigenvalue weighted by molar-refractivity contribution is 0.347. The highest BCUT2D eigenvalue weighted by Gasteiger charge is 2.16. The van der Waals surface area contributed by atoms with Crippen molar-refractivity contribution in [2.75, 3.05) is 20.1 Å². The summed E-state index contributed by atoms with van der Waals surface area (Å²) in [4.78, 5) is 2.40. The zero-order valence-corrected chi connectivity index (χ0v) is 9.32. The molecule has 0 aromatic heterocycles. The Kier molecular flexibility index (Phi) is 3.27. The maximum atomic E-state index is 9.24. The summed E-state index contributed by atoms with van der Waals surface area (Å²) in [7, 11) is 2.19. The summed E-state index contributed by atoms with van der Waals surface area (Å²) >= 11 is 0. The lowest BCUT2D eigenvalue weighted by atomic mass is 9.92. The smallest absolute Gasteiger partial charge is 0.115 e. The molecule has 0 saturated carbocycles. The van der Waals surface area contributed by atoms with E-state index in [9.17, 15) is 5.11 Å². The van der Waals surface area contributed by atoms with Crippen molar-refractivity contribution in [2.45, 2.75) is 25.2 Å². The van der Waals surface area contributed by atoms with E-state index < -0.39 is 0 Å². The summed E-state index contributed by atoms with van der Waals surface area (Å²) in [5.74, 6) is 1.04. The summed E-state index contributed by atoms with van der Waals surface area (Å²) < 4.78 is 0. The fourth-order valence-electron chi connectivity index (χ4n) is 2.32. The molecule has 0 amide bonds. The molecular weight excluding hydrogens is 186 g/mol. The van der Waals surface area contributed by atoms with Gasteiger partial charge in [-0.05, 0) is 63.0 Å². The number of nitrogens with zero attached hydrogens (tertiary/aromatic N) is 1. The van der Waals surface area contributed by atoms with Gasteiger partial charge in [0.1, 0.15) is 5.75 Å². The first-order valence-electron chi connectivity index (χ1n) is 5.73. The van der Waals surface area contributed by atoms with Crippen LogP contribution in [0.4, 0.5) is 0 Å². The van der Waals surface area contributed by atoms with E-state index in [0.717, 1.165) is 0 Å². The highest BCUT2D eigenvalue weighted by Crippen LogP contribution is 2.28. The van der Waals surface area contributed by atoms with E-state index in [1.54, 1.807) is 12.1 Å². The van der Waals surface area contributed by atoms with Gasteiger partial charge in [0.25, 0.3) is 0 Å². The standard InChI is InChI=1S/C13H19NO/c1-14-9-2-3-11(8-10-14)12-4-6-13(15)7-5-12/h4-7,11,15H,2-3,8-10H2,1H3. The van der Waals surface area contributed by atoms with E-state index in [1.807, 2.05) is 0 Å². The van der Waals surface area contributed by atoms with Crippen LogP contribution in [0.5, 0.6) is 5.75 Å². The van der Waals surface area contributed by atoms with E-state index in [2.05, 4.69) is 24.1 Å². The zero-order chi connectivity index (χ0) is 10.7. The highest BCUT2D eigenvalue weighted by molar-refractivity contribution is 5.28. The number of rotatable bonds is 1. The molecule has 1 aromatic rings. The Morgan fingerprint density at radius 1 is 1.13 bits per heavy atom. The van der Waals surface area contributed by atoms with Crippen LogP contribution in [-0.4, -0.2) is 30.1 Å². The van der Waals surface area contributed by atoms with Crippen LogP contribution in [0.25, 0.3) is 0 Å². The van der Waals surface area contributed by atoms with E-state index in [0.29, 0.717) is 11.7 Å². The summed E-state index contributed by atoms with van der Waals surface area (Å²) in [6.07, 6.45) is 3.79. The van der Waals surface area contributed by atoms with Crippen molar-refractivity contribution in [1.82, 2.24) is 4.90 Å². The summed E-state index contributed by atoms with van der Waals surface area (Å²) in [6, 6.07) is 7.71. The minimum absolute atomic E-state index is 0.365. The van der Waals surface area contributed by atoms with Crippen molar-refractivity contribution in [3.63, 3.8) is 0 Å². The molecule has 1 atom stereocenters. The number of aromatic hydroxyl groups is 1. The SMILES string of the molecule is CN1CCCC(c2ccc(O)cc2)CC1. The third-order valence-electron chi connectivity index (χ3n) is 3.32. The minimum atomic E-state index is 0.365. The fourth-order valence-corrected chi connectivity index (χ4v) is 2.32. The van der Waals surface area contributed by atoms with Crippen LogP contribution in [-0.2, 0) is 0 Å². The maximum absolute atomic E-state index is 9.24. The van der Waals surface area contributed by atoms with Gasteiger partial charge in [0.15, 0.2) is 0 Å². The van der Waals surface area contributed by atoms with Crippen molar-refractivity contribution in [1.29, 1.82) is 0 Å². The molecule has 2 heteroatoms. The first-order valence-corrected chi connectivity index (χ1v) is 5.73. The molecule has 0 aliphatic carbocycles. The van der Waals surface area contributed by atoms with E-state index in [1.165, 1.54) is 37.9 Å². The van der Waals surface area contributed by atoms with Crippen molar-refractivity contribution < 1.29 is 5.11 Å². The van der Waals surface area contributed by atoms with Gasteiger partial charge < -0.3 is 10.0 Å². The van der Waals surface area contributed by atoms with Crippen LogP contribution < -0.4 is 0 Å². The van der Waals surface area contributed by atoms with Crippen LogP contribution in [0.2, 0.25) is 0 Å². The van der Waals surface area contributed by atoms with E-state index in [4.69, 9.17) is 0 Å². The summed E-state index contributed by atoms with van der Waals surface area (Å²) in [5, 5.41) is 9.24. The number of benzene rings is 1. The molecule has 15 heavy (non-hydrogen) atoms. The average Bonchev–Trinajstić information content (AvgIpc) is 2.44. The number of phenolic OH excluding ortho intramolecular Hbond substituents is 1. The second-order valence-electron chi connectivity index (χ2n) is 4.52. The van der Waals surface area contributed by atoms with Gasteiger partial charge in [0.2, 0.25) is 0 Å². The largest absolute Gasteiger partial charge is 0.508 e. The summed E-state index contributed by atoms with van der Waals surface area (Å²) in [6.45, 7) is 2.40. The highest BCUT2D eigenvalue weighted by atomic mass is 16.3. The van der Waals surface area contributed by atoms with Gasteiger partial charge in [0.05, 0.1) is 0 Å². The van der Waals surface area contributed by atoms with Crippen LogP contribution in [0.3, 0.4) is 0 Å². The van der Waals surface area contributed by atoms with Crippen molar-refractivity contribution in [3.05, 3.63) is 29.8 Å². The Hall–Kier alpha value is -1.02. The Morgan fingerprint density at radius 2 is 1.87 bits per heavy atom. The molecular formula is C13H19NO. The fraction of sp³-hybridized carbons (Fsp3) is 0.538. The topological polar surface area (TPSA) is 23.5 Å². The third kappa shape index (κ3) is 2.72. The Labute approximate surface area is 91.5 Å². The molecule has 1 aromatic carbocycles. The molecule has 1 heterocycles. The Bertz CT molecular complexity index is 307. The zero-order valence-electron chi connectivity index (χ0n) is 9.32. The van der Waals surface area contributed by atoms with Gasteiger partial charge in [-0.2, -0.15) is 0 Å². The molecule has 82 valence electrons. The monoisotopic (exact) mass is 205 g/mol. The molecule has 1 aliphatic heterocycles. The first kappa shape index (κ1) is 10.5. The Balaban J connectivity index is 2.06. The second kappa shape index (κ2) is 4.67. The predicted molar refractivity (Wildman–Crippen MR) is 62.2 cm³/mol. The summed E-state index contributed by atoms with van der Waals surface area (Å²) in [5.41, 5.74) is 1.38. The van der Waals surface area contributed by atoms with Crippen molar-refractivity contribution in [3.8, 4) is 5.75 Å². The number of hydrogen-bond acceptors (Lipinski definition) is 2. The molecule has 2 nitrogen and oxygen atoms in total. The van der Waals surface area contributed by atoms with E-state index in [-0.39, 0.29) is 0 Å². The van der Waals surface area contributed by atoms with Crippen LogP contribution in [0, 0.1) is 0 Å². The first-order chi connectivity index (χ1) is 7.25. The normalized spacial score (nSPS) is 23.7. The predicted octanol–water partition coefficient (Wildman–Crippen LogP) is 2.59. The molecule has 2 rings (SSSR count). The number of phenols is 1. The molecule has 1 fully saturated rings. The lowest BCUT2D eigenvalue weighted by Gasteiger charge is -2.15. The molecule has 1 saturated heterocycles. The minimum Gasteiger partial charge on any atom is -0.508 e. The molecule has 1 unspecified atom stereocenters. The van der Waals surface area contributed by atoms with Crippen LogP contribution in [0.1, 0.15) is 30.7 Å². The number of hydrogen-bond donors (Lipinski definition) is 1. The van der Waals surface area contributed by atoms with Crippen LogP contribution >= 0.6 is 0 Å². The number of likely N-dealkylation sites (tertiary alicyclic amines) is 1. The van der Waals surface area contributed by atoms with Gasteiger partial charge in [0, 0.05) is 0 Å². The third-order valence-corrected chi connectivity index (χ3v) is 3.32. The molecule has 0 spiro atoms. The lowest BCUT2D eigenvalue weighted by Crippen LogP contribution is -2.18. The Morgan fingerprint density at radius 3 is 2.60 bits per heavy atom. The second-order valence-corrected chi connectivity index (χ2v) is 4.52. The van der Waals surface area contributed by atoms with Crippen LogP contribution in [0.15, 0.2) is 24.3 Å². The van der Waals surface area contributed by atoms with Gasteiger partial charge >= 0.3 is 0 Å². The van der Waals surface area contributed by atoms with E-state index >= 15 is 0 Å². The average molecular weight is 205 g/mol. The van der Waals surface area contributed by atoms with Gasteiger partial charge in [-0.3, -0.25) is 0 Å².